The molecular formula is C14H10FN3O. The van der Waals surface area contributed by atoms with Gasteiger partial charge in [0, 0.05) is 5.56 Å². The molecule has 0 fully saturated rings. The van der Waals surface area contributed by atoms with Gasteiger partial charge in [0.25, 0.3) is 5.91 Å². The predicted octanol–water partition coefficient (Wildman–Crippen LogP) is 2.53. The molecule has 0 bridgehead atoms. The molecule has 19 heavy (non-hydrogen) atoms. The summed E-state index contributed by atoms with van der Waals surface area (Å²) in [4.78, 5) is 11.9. The van der Waals surface area contributed by atoms with E-state index in [1.165, 1.54) is 36.4 Å². The van der Waals surface area contributed by atoms with Gasteiger partial charge in [-0.05, 0) is 42.5 Å². The molecule has 4 nitrogen and oxygen atoms in total. The highest BCUT2D eigenvalue weighted by molar-refractivity contribution is 6.05. The Bertz CT molecular complexity index is 659. The van der Waals surface area contributed by atoms with E-state index in [0.29, 0.717) is 11.1 Å². The molecule has 1 amide bonds. The quantitative estimate of drug-likeness (QED) is 0.809. The summed E-state index contributed by atoms with van der Waals surface area (Å²) in [5, 5.41) is 11.2. The maximum atomic E-state index is 13.1. The molecular weight excluding hydrogens is 245 g/mol. The van der Waals surface area contributed by atoms with Gasteiger partial charge in [-0.1, -0.05) is 0 Å². The maximum Gasteiger partial charge on any atom is 0.255 e. The van der Waals surface area contributed by atoms with E-state index in [0.717, 1.165) is 6.07 Å². The second kappa shape index (κ2) is 5.19. The molecule has 0 spiro atoms. The largest absolute Gasteiger partial charge is 0.397 e. The molecule has 0 radical (unpaired) electrons. The SMILES string of the molecule is N#Cc1ccc(C(=O)Nc2cc(F)ccc2N)cc1. The third-order valence-corrected chi connectivity index (χ3v) is 2.54. The van der Waals surface area contributed by atoms with Crippen LogP contribution in [0, 0.1) is 17.1 Å². The van der Waals surface area contributed by atoms with Crippen molar-refractivity contribution in [3.05, 3.63) is 59.4 Å². The second-order valence-corrected chi connectivity index (χ2v) is 3.87. The first-order chi connectivity index (χ1) is 9.10. The van der Waals surface area contributed by atoms with Crippen LogP contribution in [0.5, 0.6) is 0 Å². The van der Waals surface area contributed by atoms with E-state index in [4.69, 9.17) is 11.0 Å². The summed E-state index contributed by atoms with van der Waals surface area (Å²) in [6, 6.07) is 11.8. The summed E-state index contributed by atoms with van der Waals surface area (Å²) in [5.41, 5.74) is 6.96. The first kappa shape index (κ1) is 12.6. The van der Waals surface area contributed by atoms with Crippen LogP contribution in [-0.2, 0) is 0 Å². The van der Waals surface area contributed by atoms with Gasteiger partial charge >= 0.3 is 0 Å². The molecule has 0 saturated carbocycles. The molecule has 2 aromatic carbocycles. The maximum absolute atomic E-state index is 13.1. The van der Waals surface area contributed by atoms with Gasteiger partial charge in [0.2, 0.25) is 0 Å². The lowest BCUT2D eigenvalue weighted by molar-refractivity contribution is 0.102. The first-order valence-corrected chi connectivity index (χ1v) is 5.46. The number of carbonyl (C=O) groups is 1. The van der Waals surface area contributed by atoms with Crippen LogP contribution in [0.2, 0.25) is 0 Å². The molecule has 0 aliphatic heterocycles. The predicted molar refractivity (Wildman–Crippen MR) is 69.9 cm³/mol. The number of nitrogens with two attached hydrogens (primary N) is 1. The van der Waals surface area contributed by atoms with Crippen molar-refractivity contribution in [1.29, 1.82) is 5.26 Å². The number of rotatable bonds is 2. The van der Waals surface area contributed by atoms with E-state index in [9.17, 15) is 9.18 Å². The van der Waals surface area contributed by atoms with Gasteiger partial charge < -0.3 is 11.1 Å². The van der Waals surface area contributed by atoms with Gasteiger partial charge in [-0.3, -0.25) is 4.79 Å². The van der Waals surface area contributed by atoms with Gasteiger partial charge in [0.1, 0.15) is 5.82 Å². The monoisotopic (exact) mass is 255 g/mol. The van der Waals surface area contributed by atoms with Crippen molar-refractivity contribution in [2.45, 2.75) is 0 Å². The Balaban J connectivity index is 2.21. The normalized spacial score (nSPS) is 9.68. The molecule has 5 heteroatoms. The molecule has 3 N–H and O–H groups in total. The van der Waals surface area contributed by atoms with Crippen LogP contribution in [-0.4, -0.2) is 5.91 Å². The zero-order chi connectivity index (χ0) is 13.8. The molecule has 0 atom stereocenters. The summed E-state index contributed by atoms with van der Waals surface area (Å²) in [7, 11) is 0. The van der Waals surface area contributed by atoms with E-state index < -0.39 is 11.7 Å². The van der Waals surface area contributed by atoms with E-state index in [-0.39, 0.29) is 11.4 Å². The average molecular weight is 255 g/mol. The molecule has 0 saturated heterocycles. The van der Waals surface area contributed by atoms with Crippen LogP contribution in [0.3, 0.4) is 0 Å². The Morgan fingerprint density at radius 1 is 1.21 bits per heavy atom. The van der Waals surface area contributed by atoms with Crippen molar-refractivity contribution in [3.8, 4) is 6.07 Å². The number of nitrogen functional groups attached to an aromatic ring is 1. The minimum atomic E-state index is -0.482. The van der Waals surface area contributed by atoms with E-state index in [1.54, 1.807) is 0 Å². The number of nitrogens with one attached hydrogen (secondary N) is 1. The zero-order valence-corrected chi connectivity index (χ0v) is 9.85. The highest BCUT2D eigenvalue weighted by atomic mass is 19.1. The van der Waals surface area contributed by atoms with Gasteiger partial charge in [0.05, 0.1) is 23.0 Å². The number of amides is 1. The molecule has 0 heterocycles. The summed E-state index contributed by atoms with van der Waals surface area (Å²) < 4.78 is 13.1. The molecule has 94 valence electrons. The summed E-state index contributed by atoms with van der Waals surface area (Å²) in [5.74, 6) is -0.897. The standard InChI is InChI=1S/C14H10FN3O/c15-11-5-6-12(17)13(7-11)18-14(19)10-3-1-9(8-16)2-4-10/h1-7H,17H2,(H,18,19). The van der Waals surface area contributed by atoms with Crippen molar-refractivity contribution in [2.24, 2.45) is 0 Å². The lowest BCUT2D eigenvalue weighted by Gasteiger charge is -2.08. The number of anilines is 2. The summed E-state index contributed by atoms with van der Waals surface area (Å²) in [6.45, 7) is 0. The summed E-state index contributed by atoms with van der Waals surface area (Å²) in [6.07, 6.45) is 0. The lowest BCUT2D eigenvalue weighted by atomic mass is 10.1. The number of benzene rings is 2. The van der Waals surface area contributed by atoms with Crippen LogP contribution in [0.4, 0.5) is 15.8 Å². The topological polar surface area (TPSA) is 78.9 Å². The third-order valence-electron chi connectivity index (χ3n) is 2.54. The average Bonchev–Trinajstić information content (AvgIpc) is 2.43. The van der Waals surface area contributed by atoms with Crippen molar-refractivity contribution < 1.29 is 9.18 Å². The van der Waals surface area contributed by atoms with Crippen molar-refractivity contribution in [1.82, 2.24) is 0 Å². The van der Waals surface area contributed by atoms with Crippen LogP contribution < -0.4 is 11.1 Å². The van der Waals surface area contributed by atoms with Gasteiger partial charge in [-0.15, -0.1) is 0 Å². The number of hydrogen-bond donors (Lipinski definition) is 2. The molecule has 0 aliphatic rings. The lowest BCUT2D eigenvalue weighted by Crippen LogP contribution is -2.13. The van der Waals surface area contributed by atoms with E-state index in [1.807, 2.05) is 6.07 Å². The molecule has 0 aromatic heterocycles. The fourth-order valence-electron chi connectivity index (χ4n) is 1.53. The van der Waals surface area contributed by atoms with Gasteiger partial charge in [-0.2, -0.15) is 5.26 Å². The molecule has 2 rings (SSSR count). The molecule has 0 aliphatic carbocycles. The number of halogens is 1. The van der Waals surface area contributed by atoms with Crippen LogP contribution in [0.1, 0.15) is 15.9 Å². The third kappa shape index (κ3) is 2.87. The Kier molecular flexibility index (Phi) is 3.44. The Hall–Kier alpha value is -2.87. The number of hydrogen-bond acceptors (Lipinski definition) is 3. The second-order valence-electron chi connectivity index (χ2n) is 3.87. The van der Waals surface area contributed by atoms with E-state index in [2.05, 4.69) is 5.32 Å². The highest BCUT2D eigenvalue weighted by Gasteiger charge is 2.08. The Morgan fingerprint density at radius 2 is 1.89 bits per heavy atom. The van der Waals surface area contributed by atoms with Gasteiger partial charge in [-0.25, -0.2) is 4.39 Å². The number of nitrogens with zero attached hydrogens (tertiary/aromatic N) is 1. The smallest absolute Gasteiger partial charge is 0.255 e. The van der Waals surface area contributed by atoms with Crippen LogP contribution in [0.15, 0.2) is 42.5 Å². The fourth-order valence-corrected chi connectivity index (χ4v) is 1.53. The fraction of sp³-hybridized carbons (Fsp3) is 0. The van der Waals surface area contributed by atoms with E-state index >= 15 is 0 Å². The summed E-state index contributed by atoms with van der Waals surface area (Å²) >= 11 is 0. The Labute approximate surface area is 109 Å². The minimum Gasteiger partial charge on any atom is -0.397 e. The zero-order valence-electron chi connectivity index (χ0n) is 9.85. The Morgan fingerprint density at radius 3 is 2.53 bits per heavy atom. The van der Waals surface area contributed by atoms with Crippen molar-refractivity contribution in [3.63, 3.8) is 0 Å². The first-order valence-electron chi connectivity index (χ1n) is 5.46. The molecule has 2 aromatic rings. The van der Waals surface area contributed by atoms with Crippen molar-refractivity contribution in [2.75, 3.05) is 11.1 Å². The van der Waals surface area contributed by atoms with Crippen molar-refractivity contribution >= 4 is 17.3 Å². The number of nitriles is 1. The van der Waals surface area contributed by atoms with Crippen LogP contribution in [0.25, 0.3) is 0 Å². The highest BCUT2D eigenvalue weighted by Crippen LogP contribution is 2.20. The van der Waals surface area contributed by atoms with Crippen LogP contribution >= 0.6 is 0 Å². The molecule has 0 unspecified atom stereocenters. The van der Waals surface area contributed by atoms with Gasteiger partial charge in [0.15, 0.2) is 0 Å². The number of carbonyl (C=O) groups excluding carboxylic acids is 1. The minimum absolute atomic E-state index is 0.217.